The Hall–Kier alpha value is -1.30. The Balaban J connectivity index is 2.78. The van der Waals surface area contributed by atoms with Crippen molar-refractivity contribution >= 4 is 35.1 Å². The van der Waals surface area contributed by atoms with Crippen molar-refractivity contribution in [3.8, 4) is 0 Å². The number of carboxylic acids is 1. The van der Waals surface area contributed by atoms with E-state index in [4.69, 9.17) is 28.3 Å². The fraction of sp³-hybridized carbons (Fsp3) is 0.273. The highest BCUT2D eigenvalue weighted by atomic mass is 35.5. The number of hydrogen-bond donors (Lipinski definition) is 3. The first-order valence-electron chi connectivity index (χ1n) is 4.93. The van der Waals surface area contributed by atoms with Crippen LogP contribution in [0.4, 0.5) is 0 Å². The van der Waals surface area contributed by atoms with Crippen molar-refractivity contribution in [2.24, 2.45) is 0 Å². The van der Waals surface area contributed by atoms with Gasteiger partial charge in [-0.05, 0) is 19.1 Å². The van der Waals surface area contributed by atoms with Gasteiger partial charge in [-0.25, -0.2) is 4.79 Å². The van der Waals surface area contributed by atoms with Gasteiger partial charge in [0.2, 0.25) is 0 Å². The number of amides is 1. The molecule has 98 valence electrons. The zero-order chi connectivity index (χ0) is 13.9. The summed E-state index contributed by atoms with van der Waals surface area (Å²) < 4.78 is 0. The summed E-state index contributed by atoms with van der Waals surface area (Å²) in [6.45, 7) is 0.638. The molecule has 0 radical (unpaired) electrons. The molecule has 1 amide bonds. The first-order chi connectivity index (χ1) is 8.25. The van der Waals surface area contributed by atoms with E-state index in [0.29, 0.717) is 0 Å². The minimum atomic E-state index is -2.04. The second-order valence-electron chi connectivity index (χ2n) is 3.86. The van der Waals surface area contributed by atoms with E-state index in [1.807, 2.05) is 0 Å². The first kappa shape index (κ1) is 14.8. The van der Waals surface area contributed by atoms with Crippen molar-refractivity contribution in [2.75, 3.05) is 6.54 Å². The smallest absolute Gasteiger partial charge is 0.337 e. The Morgan fingerprint density at radius 2 is 2.00 bits per heavy atom. The maximum atomic E-state index is 11.7. The molecule has 0 saturated carbocycles. The van der Waals surface area contributed by atoms with Crippen LogP contribution in [0, 0.1) is 0 Å². The van der Waals surface area contributed by atoms with E-state index >= 15 is 0 Å². The van der Waals surface area contributed by atoms with Crippen LogP contribution in [0.15, 0.2) is 18.2 Å². The van der Waals surface area contributed by atoms with Crippen LogP contribution in [0.5, 0.6) is 0 Å². The molecule has 1 atom stereocenters. The average Bonchev–Trinajstić information content (AvgIpc) is 2.29. The molecule has 0 aliphatic carbocycles. The van der Waals surface area contributed by atoms with Crippen molar-refractivity contribution in [3.05, 3.63) is 33.8 Å². The lowest BCUT2D eigenvalue weighted by Crippen LogP contribution is -2.46. The molecule has 0 saturated heterocycles. The Morgan fingerprint density at radius 1 is 1.39 bits per heavy atom. The number of nitrogens with one attached hydrogen (secondary N) is 1. The molecule has 0 spiro atoms. The first-order valence-corrected chi connectivity index (χ1v) is 5.69. The van der Waals surface area contributed by atoms with E-state index in [2.05, 4.69) is 5.32 Å². The van der Waals surface area contributed by atoms with E-state index in [-0.39, 0.29) is 15.6 Å². The highest BCUT2D eigenvalue weighted by Crippen LogP contribution is 2.25. The van der Waals surface area contributed by atoms with Gasteiger partial charge in [0.05, 0.1) is 22.2 Å². The third kappa shape index (κ3) is 3.35. The predicted octanol–water partition coefficient (Wildman–Crippen LogP) is 1.56. The predicted molar refractivity (Wildman–Crippen MR) is 67.1 cm³/mol. The third-order valence-electron chi connectivity index (χ3n) is 2.25. The average molecular weight is 292 g/mol. The van der Waals surface area contributed by atoms with Crippen molar-refractivity contribution < 1.29 is 19.8 Å². The number of carboxylic acid groups (broad SMARTS) is 1. The van der Waals surface area contributed by atoms with Crippen LogP contribution < -0.4 is 5.32 Å². The lowest BCUT2D eigenvalue weighted by molar-refractivity contribution is -0.155. The minimum Gasteiger partial charge on any atom is -0.479 e. The molecule has 5 nitrogen and oxygen atoms in total. The number of benzene rings is 1. The minimum absolute atomic E-state index is 0.0756. The summed E-state index contributed by atoms with van der Waals surface area (Å²) in [6.07, 6.45) is 0. The van der Waals surface area contributed by atoms with Crippen LogP contribution in [0.3, 0.4) is 0 Å². The van der Waals surface area contributed by atoms with E-state index in [1.165, 1.54) is 12.1 Å². The van der Waals surface area contributed by atoms with Crippen molar-refractivity contribution in [1.29, 1.82) is 0 Å². The number of rotatable bonds is 4. The Bertz CT molecular complexity index is 488. The van der Waals surface area contributed by atoms with Gasteiger partial charge in [0.1, 0.15) is 0 Å². The number of aliphatic hydroxyl groups is 1. The normalized spacial score (nSPS) is 13.8. The molecule has 0 aliphatic rings. The highest BCUT2D eigenvalue weighted by molar-refractivity contribution is 6.43. The van der Waals surface area contributed by atoms with Gasteiger partial charge in [0.25, 0.3) is 5.91 Å². The van der Waals surface area contributed by atoms with Gasteiger partial charge in [-0.15, -0.1) is 0 Å². The van der Waals surface area contributed by atoms with Crippen molar-refractivity contribution in [2.45, 2.75) is 12.5 Å². The van der Waals surface area contributed by atoms with Crippen molar-refractivity contribution in [1.82, 2.24) is 5.32 Å². The number of aliphatic carboxylic acids is 1. The molecule has 0 aliphatic heterocycles. The lowest BCUT2D eigenvalue weighted by atomic mass is 10.1. The van der Waals surface area contributed by atoms with Gasteiger partial charge in [-0.1, -0.05) is 29.3 Å². The summed E-state index contributed by atoms with van der Waals surface area (Å²) in [4.78, 5) is 22.4. The molecule has 0 fully saturated rings. The SMILES string of the molecule is CC(O)(CNC(=O)c1cccc(Cl)c1Cl)C(=O)O. The summed E-state index contributed by atoms with van der Waals surface area (Å²) in [5.41, 5.74) is -1.92. The quantitative estimate of drug-likeness (QED) is 0.786. The molecule has 18 heavy (non-hydrogen) atoms. The van der Waals surface area contributed by atoms with E-state index in [0.717, 1.165) is 6.92 Å². The van der Waals surface area contributed by atoms with Crippen LogP contribution in [0.25, 0.3) is 0 Å². The molecule has 0 heterocycles. The number of carbonyl (C=O) groups excluding carboxylic acids is 1. The summed E-state index contributed by atoms with van der Waals surface area (Å²) in [7, 11) is 0. The molecular formula is C11H11Cl2NO4. The van der Waals surface area contributed by atoms with E-state index in [1.54, 1.807) is 6.07 Å². The topological polar surface area (TPSA) is 86.6 Å². The molecule has 7 heteroatoms. The van der Waals surface area contributed by atoms with Crippen LogP contribution in [-0.2, 0) is 4.79 Å². The lowest BCUT2D eigenvalue weighted by Gasteiger charge is -2.18. The van der Waals surface area contributed by atoms with Gasteiger partial charge in [0, 0.05) is 0 Å². The van der Waals surface area contributed by atoms with E-state index < -0.39 is 24.0 Å². The Morgan fingerprint density at radius 3 is 2.56 bits per heavy atom. The largest absolute Gasteiger partial charge is 0.479 e. The van der Waals surface area contributed by atoms with Gasteiger partial charge in [-0.3, -0.25) is 4.79 Å². The molecule has 1 rings (SSSR count). The standard InChI is InChI=1S/C11H11Cl2NO4/c1-11(18,10(16)17)5-14-9(15)6-3-2-4-7(12)8(6)13/h2-4,18H,5H2,1H3,(H,14,15)(H,16,17). The summed E-state index contributed by atoms with van der Waals surface area (Å²) in [6, 6.07) is 4.51. The molecule has 0 bridgehead atoms. The molecule has 1 aromatic carbocycles. The summed E-state index contributed by atoms with van der Waals surface area (Å²) in [5, 5.41) is 20.7. The fourth-order valence-electron chi connectivity index (χ4n) is 1.10. The zero-order valence-corrected chi connectivity index (χ0v) is 10.9. The third-order valence-corrected chi connectivity index (χ3v) is 3.07. The van der Waals surface area contributed by atoms with Crippen molar-refractivity contribution in [3.63, 3.8) is 0 Å². The monoisotopic (exact) mass is 291 g/mol. The van der Waals surface area contributed by atoms with E-state index in [9.17, 15) is 14.7 Å². The second-order valence-corrected chi connectivity index (χ2v) is 4.65. The molecule has 1 aromatic rings. The summed E-state index contributed by atoms with van der Waals surface area (Å²) >= 11 is 11.6. The number of carbonyl (C=O) groups is 2. The molecular weight excluding hydrogens is 281 g/mol. The molecule has 3 N–H and O–H groups in total. The second kappa shape index (κ2) is 5.56. The van der Waals surface area contributed by atoms with Crippen LogP contribution in [0.1, 0.15) is 17.3 Å². The van der Waals surface area contributed by atoms with Gasteiger partial charge in [-0.2, -0.15) is 0 Å². The zero-order valence-electron chi connectivity index (χ0n) is 9.41. The maximum Gasteiger partial charge on any atom is 0.337 e. The molecule has 0 aromatic heterocycles. The highest BCUT2D eigenvalue weighted by Gasteiger charge is 2.30. The summed E-state index contributed by atoms with van der Waals surface area (Å²) in [5.74, 6) is -2.04. The number of hydrogen-bond acceptors (Lipinski definition) is 3. The number of halogens is 2. The van der Waals surface area contributed by atoms with Gasteiger partial charge in [0.15, 0.2) is 5.60 Å². The van der Waals surface area contributed by atoms with Gasteiger partial charge >= 0.3 is 5.97 Å². The van der Waals surface area contributed by atoms with Crippen LogP contribution in [0.2, 0.25) is 10.0 Å². The van der Waals surface area contributed by atoms with Crippen LogP contribution >= 0.6 is 23.2 Å². The van der Waals surface area contributed by atoms with Gasteiger partial charge < -0.3 is 15.5 Å². The van der Waals surface area contributed by atoms with Crippen LogP contribution in [-0.4, -0.2) is 34.2 Å². The fourth-order valence-corrected chi connectivity index (χ4v) is 1.49. The Kier molecular flexibility index (Phi) is 4.56. The molecule has 1 unspecified atom stereocenters. The maximum absolute atomic E-state index is 11.7. The Labute approximate surface area is 113 Å².